The molecule has 20 heavy (non-hydrogen) atoms. The van der Waals surface area contributed by atoms with Gasteiger partial charge in [-0.15, -0.1) is 0 Å². The maximum atomic E-state index is 12.3. The highest BCUT2D eigenvalue weighted by Crippen LogP contribution is 2.31. The third kappa shape index (κ3) is 3.24. The highest BCUT2D eigenvalue weighted by atomic mass is 32.2. The second kappa shape index (κ2) is 5.16. The van der Waals surface area contributed by atoms with Gasteiger partial charge < -0.3 is 9.73 Å². The minimum atomic E-state index is -3.55. The van der Waals surface area contributed by atoms with Crippen molar-refractivity contribution in [2.45, 2.75) is 68.7 Å². The monoisotopic (exact) mass is 298 g/mol. The Labute approximate surface area is 120 Å². The Morgan fingerprint density at radius 1 is 1.30 bits per heavy atom. The molecule has 112 valence electrons. The summed E-state index contributed by atoms with van der Waals surface area (Å²) in [6, 6.07) is 3.86. The van der Waals surface area contributed by atoms with E-state index in [-0.39, 0.29) is 10.6 Å². The van der Waals surface area contributed by atoms with Gasteiger partial charge in [0.25, 0.3) is 10.0 Å². The zero-order chi connectivity index (χ0) is 14.2. The summed E-state index contributed by atoms with van der Waals surface area (Å²) in [5.74, 6) is 0.675. The summed E-state index contributed by atoms with van der Waals surface area (Å²) in [4.78, 5) is 0. The molecule has 2 aliphatic rings. The molecule has 0 spiro atoms. The fraction of sp³-hybridized carbons (Fsp3) is 0.714. The molecule has 2 saturated carbocycles. The van der Waals surface area contributed by atoms with Crippen molar-refractivity contribution >= 4 is 10.0 Å². The standard InChI is InChI=1S/C14H22N2O3S/c1-14(8-2-3-9-14)16-20(17,18)13-7-6-12(19-13)10-15-11-4-5-11/h6-7,11,15-16H,2-5,8-10H2,1H3. The van der Waals surface area contributed by atoms with Crippen molar-refractivity contribution in [1.29, 1.82) is 0 Å². The summed E-state index contributed by atoms with van der Waals surface area (Å²) in [5.41, 5.74) is -0.321. The molecule has 2 fully saturated rings. The summed E-state index contributed by atoms with van der Waals surface area (Å²) in [6.07, 6.45) is 6.34. The second-order valence-electron chi connectivity index (χ2n) is 6.25. The van der Waals surface area contributed by atoms with Gasteiger partial charge in [-0.3, -0.25) is 0 Å². The largest absolute Gasteiger partial charge is 0.447 e. The lowest BCUT2D eigenvalue weighted by atomic mass is 10.0. The minimum Gasteiger partial charge on any atom is -0.447 e. The van der Waals surface area contributed by atoms with Crippen molar-refractivity contribution in [2.75, 3.05) is 0 Å². The number of hydrogen-bond donors (Lipinski definition) is 2. The first kappa shape index (κ1) is 14.1. The quantitative estimate of drug-likeness (QED) is 0.844. The fourth-order valence-corrected chi connectivity index (χ4v) is 4.18. The van der Waals surface area contributed by atoms with Gasteiger partial charge in [-0.05, 0) is 44.7 Å². The maximum Gasteiger partial charge on any atom is 0.274 e. The predicted molar refractivity (Wildman–Crippen MR) is 75.8 cm³/mol. The summed E-state index contributed by atoms with van der Waals surface area (Å²) in [6.45, 7) is 2.56. The molecule has 3 rings (SSSR count). The molecule has 0 atom stereocenters. The third-order valence-corrected chi connectivity index (χ3v) is 5.64. The number of sulfonamides is 1. The smallest absolute Gasteiger partial charge is 0.274 e. The van der Waals surface area contributed by atoms with Gasteiger partial charge in [-0.1, -0.05) is 12.8 Å². The molecule has 0 aliphatic heterocycles. The Kier molecular flexibility index (Phi) is 3.64. The molecule has 0 radical (unpaired) electrons. The first-order valence-electron chi connectivity index (χ1n) is 7.33. The average Bonchev–Trinajstić information content (AvgIpc) is 2.90. The van der Waals surface area contributed by atoms with E-state index in [1.807, 2.05) is 6.92 Å². The van der Waals surface area contributed by atoms with Crippen LogP contribution in [0.3, 0.4) is 0 Å². The van der Waals surface area contributed by atoms with Gasteiger partial charge >= 0.3 is 0 Å². The molecule has 0 amide bonds. The van der Waals surface area contributed by atoms with Crippen LogP contribution in [0.25, 0.3) is 0 Å². The Morgan fingerprint density at radius 3 is 2.65 bits per heavy atom. The second-order valence-corrected chi connectivity index (χ2v) is 7.86. The zero-order valence-electron chi connectivity index (χ0n) is 11.8. The fourth-order valence-electron chi connectivity index (χ4n) is 2.76. The maximum absolute atomic E-state index is 12.3. The third-order valence-electron chi connectivity index (χ3n) is 4.13. The van der Waals surface area contributed by atoms with E-state index in [1.54, 1.807) is 12.1 Å². The number of hydrogen-bond acceptors (Lipinski definition) is 4. The van der Waals surface area contributed by atoms with E-state index in [2.05, 4.69) is 10.0 Å². The van der Waals surface area contributed by atoms with Crippen LogP contribution in [0, 0.1) is 0 Å². The summed E-state index contributed by atoms with van der Waals surface area (Å²) >= 11 is 0. The van der Waals surface area contributed by atoms with E-state index in [1.165, 1.54) is 12.8 Å². The molecule has 0 aromatic carbocycles. The Hall–Kier alpha value is -0.850. The highest BCUT2D eigenvalue weighted by molar-refractivity contribution is 7.89. The number of furan rings is 1. The molecule has 2 N–H and O–H groups in total. The van der Waals surface area contributed by atoms with E-state index in [4.69, 9.17) is 4.42 Å². The van der Waals surface area contributed by atoms with Gasteiger partial charge in [0.15, 0.2) is 0 Å². The van der Waals surface area contributed by atoms with Crippen LogP contribution in [0.5, 0.6) is 0 Å². The van der Waals surface area contributed by atoms with Crippen molar-refractivity contribution in [1.82, 2.24) is 10.0 Å². The summed E-state index contributed by atoms with van der Waals surface area (Å²) < 4.78 is 32.9. The number of rotatable bonds is 6. The molecule has 6 heteroatoms. The summed E-state index contributed by atoms with van der Waals surface area (Å²) in [7, 11) is -3.55. The molecular formula is C14H22N2O3S. The lowest BCUT2D eigenvalue weighted by Crippen LogP contribution is -2.43. The SMILES string of the molecule is CC1(NS(=O)(=O)c2ccc(CNC3CC3)o2)CCCC1. The Bertz CT molecular complexity index is 569. The van der Waals surface area contributed by atoms with Crippen LogP contribution in [-0.2, 0) is 16.6 Å². The molecule has 5 nitrogen and oxygen atoms in total. The molecule has 0 unspecified atom stereocenters. The first-order valence-corrected chi connectivity index (χ1v) is 8.81. The number of nitrogens with one attached hydrogen (secondary N) is 2. The van der Waals surface area contributed by atoms with Crippen LogP contribution < -0.4 is 10.0 Å². The Balaban J connectivity index is 1.66. The van der Waals surface area contributed by atoms with Crippen LogP contribution >= 0.6 is 0 Å². The Morgan fingerprint density at radius 2 is 2.00 bits per heavy atom. The molecule has 2 aliphatic carbocycles. The van der Waals surface area contributed by atoms with Crippen LogP contribution in [0.4, 0.5) is 0 Å². The van der Waals surface area contributed by atoms with Crippen molar-refractivity contribution in [3.63, 3.8) is 0 Å². The van der Waals surface area contributed by atoms with Crippen LogP contribution in [0.1, 0.15) is 51.2 Å². The van der Waals surface area contributed by atoms with Crippen LogP contribution in [-0.4, -0.2) is 20.0 Å². The van der Waals surface area contributed by atoms with Crippen LogP contribution in [0.15, 0.2) is 21.6 Å². The van der Waals surface area contributed by atoms with E-state index >= 15 is 0 Å². The van der Waals surface area contributed by atoms with Gasteiger partial charge in [0, 0.05) is 11.6 Å². The van der Waals surface area contributed by atoms with E-state index in [0.29, 0.717) is 18.3 Å². The molecule has 1 aromatic heterocycles. The first-order chi connectivity index (χ1) is 9.47. The van der Waals surface area contributed by atoms with E-state index in [0.717, 1.165) is 25.7 Å². The normalized spacial score (nSPS) is 22.2. The van der Waals surface area contributed by atoms with E-state index < -0.39 is 10.0 Å². The zero-order valence-corrected chi connectivity index (χ0v) is 12.6. The van der Waals surface area contributed by atoms with Gasteiger partial charge in [0.05, 0.1) is 6.54 Å². The minimum absolute atomic E-state index is 0.0261. The molecule has 0 saturated heterocycles. The predicted octanol–water partition coefficient (Wildman–Crippen LogP) is 2.14. The topological polar surface area (TPSA) is 71.3 Å². The van der Waals surface area contributed by atoms with Gasteiger partial charge in [-0.25, -0.2) is 13.1 Å². The molecule has 1 aromatic rings. The van der Waals surface area contributed by atoms with Crippen molar-refractivity contribution in [2.24, 2.45) is 0 Å². The van der Waals surface area contributed by atoms with Crippen molar-refractivity contribution in [3.8, 4) is 0 Å². The van der Waals surface area contributed by atoms with Gasteiger partial charge in [0.1, 0.15) is 5.76 Å². The lowest BCUT2D eigenvalue weighted by molar-refractivity contribution is 0.382. The van der Waals surface area contributed by atoms with Gasteiger partial charge in [0.2, 0.25) is 5.09 Å². The van der Waals surface area contributed by atoms with E-state index in [9.17, 15) is 8.42 Å². The van der Waals surface area contributed by atoms with Crippen molar-refractivity contribution < 1.29 is 12.8 Å². The summed E-state index contributed by atoms with van der Waals surface area (Å²) in [5, 5.41) is 3.34. The average molecular weight is 298 g/mol. The molecule has 1 heterocycles. The molecule has 0 bridgehead atoms. The highest BCUT2D eigenvalue weighted by Gasteiger charge is 2.34. The lowest BCUT2D eigenvalue weighted by Gasteiger charge is -2.23. The van der Waals surface area contributed by atoms with Gasteiger partial charge in [-0.2, -0.15) is 0 Å². The molecular weight excluding hydrogens is 276 g/mol. The van der Waals surface area contributed by atoms with Crippen LogP contribution in [0.2, 0.25) is 0 Å². The van der Waals surface area contributed by atoms with Crippen molar-refractivity contribution in [3.05, 3.63) is 17.9 Å².